The summed E-state index contributed by atoms with van der Waals surface area (Å²) in [6, 6.07) is 8.31. The maximum absolute atomic E-state index is 11.4. The van der Waals surface area contributed by atoms with Crippen LogP contribution in [0.15, 0.2) is 24.3 Å². The van der Waals surface area contributed by atoms with Crippen LogP contribution >= 0.6 is 0 Å². The molecule has 2 atom stereocenters. The third kappa shape index (κ3) is 2.74. The van der Waals surface area contributed by atoms with Crippen molar-refractivity contribution in [1.29, 1.82) is 0 Å². The number of hydrogen-bond acceptors (Lipinski definition) is 1. The molecular formula is C16H22O2. The molecule has 2 heteroatoms. The van der Waals surface area contributed by atoms with E-state index in [4.69, 9.17) is 0 Å². The molecule has 0 aromatic heterocycles. The predicted octanol–water partition coefficient (Wildman–Crippen LogP) is 3.99. The Morgan fingerprint density at radius 3 is 2.72 bits per heavy atom. The van der Waals surface area contributed by atoms with Crippen LogP contribution in [-0.2, 0) is 4.79 Å². The van der Waals surface area contributed by atoms with Gasteiger partial charge in [0.25, 0.3) is 0 Å². The van der Waals surface area contributed by atoms with Crippen molar-refractivity contribution < 1.29 is 9.90 Å². The average molecular weight is 246 g/mol. The largest absolute Gasteiger partial charge is 0.481 e. The molecule has 1 aliphatic rings. The second-order valence-electron chi connectivity index (χ2n) is 6.37. The van der Waals surface area contributed by atoms with Crippen molar-refractivity contribution in [2.24, 2.45) is 11.3 Å². The van der Waals surface area contributed by atoms with Gasteiger partial charge in [0.2, 0.25) is 0 Å². The van der Waals surface area contributed by atoms with Gasteiger partial charge in [0.1, 0.15) is 0 Å². The molecule has 0 amide bonds. The molecule has 0 heterocycles. The maximum atomic E-state index is 11.4. The smallest absolute Gasteiger partial charge is 0.307 e. The van der Waals surface area contributed by atoms with Crippen molar-refractivity contribution in [3.63, 3.8) is 0 Å². The van der Waals surface area contributed by atoms with Crippen LogP contribution in [0.25, 0.3) is 0 Å². The molecule has 98 valence electrons. The van der Waals surface area contributed by atoms with E-state index in [0.29, 0.717) is 0 Å². The van der Waals surface area contributed by atoms with Crippen molar-refractivity contribution in [1.82, 2.24) is 0 Å². The Morgan fingerprint density at radius 2 is 2.11 bits per heavy atom. The fraction of sp³-hybridized carbons (Fsp3) is 0.562. The third-order valence-corrected chi connectivity index (χ3v) is 4.18. The summed E-state index contributed by atoms with van der Waals surface area (Å²) < 4.78 is 0. The van der Waals surface area contributed by atoms with Gasteiger partial charge in [-0.1, -0.05) is 43.7 Å². The SMILES string of the molecule is Cc1cccc(C2CC(C)(C)CCC2C(=O)O)c1. The fourth-order valence-electron chi connectivity index (χ4n) is 3.13. The summed E-state index contributed by atoms with van der Waals surface area (Å²) in [5.41, 5.74) is 2.65. The summed E-state index contributed by atoms with van der Waals surface area (Å²) in [6.45, 7) is 6.55. The molecule has 1 N–H and O–H groups in total. The van der Waals surface area contributed by atoms with Gasteiger partial charge < -0.3 is 5.11 Å². The topological polar surface area (TPSA) is 37.3 Å². The summed E-state index contributed by atoms with van der Waals surface area (Å²) in [5, 5.41) is 9.41. The standard InChI is InChI=1S/C16H22O2/c1-11-5-4-6-12(9-11)14-10-16(2,3)8-7-13(14)15(17)18/h4-6,9,13-14H,7-8,10H2,1-3H3,(H,17,18). The van der Waals surface area contributed by atoms with Crippen LogP contribution in [0.3, 0.4) is 0 Å². The molecule has 0 radical (unpaired) electrons. The molecule has 1 fully saturated rings. The van der Waals surface area contributed by atoms with E-state index in [-0.39, 0.29) is 17.3 Å². The molecule has 0 saturated heterocycles. The lowest BCUT2D eigenvalue weighted by Crippen LogP contribution is -2.33. The predicted molar refractivity (Wildman–Crippen MR) is 72.7 cm³/mol. The molecule has 1 saturated carbocycles. The van der Waals surface area contributed by atoms with E-state index in [1.54, 1.807) is 0 Å². The highest BCUT2D eigenvalue weighted by atomic mass is 16.4. The van der Waals surface area contributed by atoms with Crippen LogP contribution < -0.4 is 0 Å². The van der Waals surface area contributed by atoms with Crippen molar-refractivity contribution in [2.45, 2.75) is 46.0 Å². The van der Waals surface area contributed by atoms with Crippen molar-refractivity contribution >= 4 is 5.97 Å². The molecule has 2 unspecified atom stereocenters. The van der Waals surface area contributed by atoms with Gasteiger partial charge in [-0.3, -0.25) is 4.79 Å². The van der Waals surface area contributed by atoms with Gasteiger partial charge in [0.15, 0.2) is 0 Å². The first kappa shape index (κ1) is 13.1. The third-order valence-electron chi connectivity index (χ3n) is 4.18. The highest BCUT2D eigenvalue weighted by Crippen LogP contribution is 2.46. The number of aliphatic carboxylic acids is 1. The number of hydrogen-bond donors (Lipinski definition) is 1. The van der Waals surface area contributed by atoms with Crippen LogP contribution in [0.4, 0.5) is 0 Å². The Kier molecular flexibility index (Phi) is 3.47. The average Bonchev–Trinajstić information content (AvgIpc) is 2.27. The maximum Gasteiger partial charge on any atom is 0.307 e. The van der Waals surface area contributed by atoms with Gasteiger partial charge in [0.05, 0.1) is 5.92 Å². The van der Waals surface area contributed by atoms with E-state index in [1.165, 1.54) is 11.1 Å². The van der Waals surface area contributed by atoms with Crippen LogP contribution in [0.1, 0.15) is 50.2 Å². The number of rotatable bonds is 2. The summed E-state index contributed by atoms with van der Waals surface area (Å²) >= 11 is 0. The lowest BCUT2D eigenvalue weighted by Gasteiger charge is -2.39. The molecule has 0 aliphatic heterocycles. The quantitative estimate of drug-likeness (QED) is 0.856. The van der Waals surface area contributed by atoms with Crippen molar-refractivity contribution in [3.05, 3.63) is 35.4 Å². The lowest BCUT2D eigenvalue weighted by molar-refractivity contribution is -0.144. The Balaban J connectivity index is 2.33. The van der Waals surface area contributed by atoms with Gasteiger partial charge in [-0.2, -0.15) is 0 Å². The number of carboxylic acid groups (broad SMARTS) is 1. The van der Waals surface area contributed by atoms with Gasteiger partial charge in [-0.25, -0.2) is 0 Å². The first-order valence-corrected chi connectivity index (χ1v) is 6.68. The fourth-order valence-corrected chi connectivity index (χ4v) is 3.13. The second kappa shape index (κ2) is 4.75. The zero-order valence-electron chi connectivity index (χ0n) is 11.4. The number of aryl methyl sites for hydroxylation is 1. The zero-order chi connectivity index (χ0) is 13.3. The van der Waals surface area contributed by atoms with E-state index < -0.39 is 5.97 Å². The summed E-state index contributed by atoms with van der Waals surface area (Å²) in [5.74, 6) is -0.706. The first-order chi connectivity index (χ1) is 8.39. The van der Waals surface area contributed by atoms with E-state index in [2.05, 4.69) is 39.0 Å². The zero-order valence-corrected chi connectivity index (χ0v) is 11.4. The Hall–Kier alpha value is -1.31. The molecular weight excluding hydrogens is 224 g/mol. The number of carboxylic acids is 1. The van der Waals surface area contributed by atoms with Gasteiger partial charge in [0, 0.05) is 0 Å². The minimum Gasteiger partial charge on any atom is -0.481 e. The van der Waals surface area contributed by atoms with E-state index in [0.717, 1.165) is 19.3 Å². The molecule has 1 aromatic rings. The molecule has 0 bridgehead atoms. The van der Waals surface area contributed by atoms with Gasteiger partial charge >= 0.3 is 5.97 Å². The Bertz CT molecular complexity index is 448. The van der Waals surface area contributed by atoms with Crippen LogP contribution in [-0.4, -0.2) is 11.1 Å². The minimum absolute atomic E-state index is 0.158. The van der Waals surface area contributed by atoms with E-state index in [1.807, 2.05) is 6.07 Å². The van der Waals surface area contributed by atoms with Crippen LogP contribution in [0, 0.1) is 18.3 Å². The Morgan fingerprint density at radius 1 is 1.39 bits per heavy atom. The summed E-state index contributed by atoms with van der Waals surface area (Å²) in [6.07, 6.45) is 2.76. The molecule has 1 aromatic carbocycles. The van der Waals surface area contributed by atoms with Crippen molar-refractivity contribution in [3.8, 4) is 0 Å². The number of carbonyl (C=O) groups is 1. The normalized spacial score (nSPS) is 26.8. The molecule has 1 aliphatic carbocycles. The van der Waals surface area contributed by atoms with Crippen LogP contribution in [0.2, 0.25) is 0 Å². The molecule has 0 spiro atoms. The number of benzene rings is 1. The first-order valence-electron chi connectivity index (χ1n) is 6.68. The van der Waals surface area contributed by atoms with Gasteiger partial charge in [-0.05, 0) is 43.1 Å². The van der Waals surface area contributed by atoms with Crippen molar-refractivity contribution in [2.75, 3.05) is 0 Å². The highest BCUT2D eigenvalue weighted by Gasteiger charge is 2.39. The van der Waals surface area contributed by atoms with Crippen LogP contribution in [0.5, 0.6) is 0 Å². The lowest BCUT2D eigenvalue weighted by atomic mass is 9.65. The van der Waals surface area contributed by atoms with E-state index >= 15 is 0 Å². The van der Waals surface area contributed by atoms with E-state index in [9.17, 15) is 9.90 Å². The highest BCUT2D eigenvalue weighted by molar-refractivity contribution is 5.71. The molecule has 2 rings (SSSR count). The molecule has 18 heavy (non-hydrogen) atoms. The Labute approximate surface area is 109 Å². The van der Waals surface area contributed by atoms with Gasteiger partial charge in [-0.15, -0.1) is 0 Å². The summed E-state index contributed by atoms with van der Waals surface area (Å²) in [7, 11) is 0. The summed E-state index contributed by atoms with van der Waals surface area (Å²) in [4.78, 5) is 11.4. The minimum atomic E-state index is -0.642. The molecule has 2 nitrogen and oxygen atoms in total. The second-order valence-corrected chi connectivity index (χ2v) is 6.37. The monoisotopic (exact) mass is 246 g/mol.